The van der Waals surface area contributed by atoms with E-state index in [0.29, 0.717) is 12.5 Å². The van der Waals surface area contributed by atoms with E-state index in [1.807, 2.05) is 0 Å². The third-order valence-electron chi connectivity index (χ3n) is 4.61. The van der Waals surface area contributed by atoms with E-state index in [1.165, 1.54) is 7.11 Å². The van der Waals surface area contributed by atoms with Crippen LogP contribution in [0.1, 0.15) is 38.5 Å². The second kappa shape index (κ2) is 7.38. The van der Waals surface area contributed by atoms with Gasteiger partial charge in [-0.1, -0.05) is 0 Å². The minimum Gasteiger partial charge on any atom is -0.469 e. The Morgan fingerprint density at radius 2 is 2.10 bits per heavy atom. The van der Waals surface area contributed by atoms with Gasteiger partial charge in [0.15, 0.2) is 0 Å². The maximum absolute atomic E-state index is 11.1. The summed E-state index contributed by atoms with van der Waals surface area (Å²) in [5, 5.41) is 0. The minimum atomic E-state index is -0.119. The normalized spacial score (nSPS) is 25.9. The molecule has 5 heteroatoms. The standard InChI is InChI=1S/C15H27NO4/c1-16(8-3-4-14(17)18-2)13-5-9-20-15(12-13)6-10-19-11-7-15/h13H,3-12H2,1-2H3. The van der Waals surface area contributed by atoms with Crippen molar-refractivity contribution in [3.63, 3.8) is 0 Å². The molecule has 1 unspecified atom stereocenters. The summed E-state index contributed by atoms with van der Waals surface area (Å²) < 4.78 is 16.2. The molecule has 2 heterocycles. The Morgan fingerprint density at radius 1 is 1.35 bits per heavy atom. The quantitative estimate of drug-likeness (QED) is 0.718. The van der Waals surface area contributed by atoms with Gasteiger partial charge < -0.3 is 19.1 Å². The minimum absolute atomic E-state index is 0.0395. The van der Waals surface area contributed by atoms with Gasteiger partial charge in [0.1, 0.15) is 0 Å². The summed E-state index contributed by atoms with van der Waals surface area (Å²) in [6, 6.07) is 0.555. The first kappa shape index (κ1) is 15.7. The predicted molar refractivity (Wildman–Crippen MR) is 75.6 cm³/mol. The lowest BCUT2D eigenvalue weighted by molar-refractivity contribution is -0.150. The van der Waals surface area contributed by atoms with Gasteiger partial charge in [-0.3, -0.25) is 4.79 Å². The molecule has 0 aromatic rings. The van der Waals surface area contributed by atoms with Gasteiger partial charge in [-0.25, -0.2) is 0 Å². The van der Waals surface area contributed by atoms with Crippen molar-refractivity contribution in [2.24, 2.45) is 0 Å². The number of methoxy groups -OCH3 is 1. The molecule has 2 aliphatic heterocycles. The summed E-state index contributed by atoms with van der Waals surface area (Å²) in [5.74, 6) is -0.119. The molecule has 0 N–H and O–H groups in total. The Kier molecular flexibility index (Phi) is 5.81. The van der Waals surface area contributed by atoms with Crippen molar-refractivity contribution in [1.82, 2.24) is 4.90 Å². The van der Waals surface area contributed by atoms with E-state index in [4.69, 9.17) is 9.47 Å². The smallest absolute Gasteiger partial charge is 0.305 e. The first-order chi connectivity index (χ1) is 9.65. The van der Waals surface area contributed by atoms with Crippen molar-refractivity contribution in [2.45, 2.75) is 50.2 Å². The Bertz CT molecular complexity index is 309. The number of ether oxygens (including phenoxy) is 3. The summed E-state index contributed by atoms with van der Waals surface area (Å²) in [5.41, 5.74) is 0.0395. The van der Waals surface area contributed by atoms with E-state index in [1.54, 1.807) is 0 Å². The zero-order chi connectivity index (χ0) is 14.4. The van der Waals surface area contributed by atoms with E-state index >= 15 is 0 Å². The fourth-order valence-electron chi connectivity index (χ4n) is 3.23. The third kappa shape index (κ3) is 4.17. The van der Waals surface area contributed by atoms with Crippen molar-refractivity contribution in [3.05, 3.63) is 0 Å². The summed E-state index contributed by atoms with van der Waals surface area (Å²) in [6.07, 6.45) is 5.56. The molecule has 2 rings (SSSR count). The Hall–Kier alpha value is -0.650. The average molecular weight is 285 g/mol. The van der Waals surface area contributed by atoms with Gasteiger partial charge in [-0.05, 0) is 45.7 Å². The van der Waals surface area contributed by atoms with Gasteiger partial charge in [0, 0.05) is 32.3 Å². The van der Waals surface area contributed by atoms with Crippen molar-refractivity contribution >= 4 is 5.97 Å². The van der Waals surface area contributed by atoms with E-state index < -0.39 is 0 Å². The van der Waals surface area contributed by atoms with Crippen LogP contribution in [-0.4, -0.2) is 63.0 Å². The summed E-state index contributed by atoms with van der Waals surface area (Å²) in [4.78, 5) is 13.5. The molecule has 2 fully saturated rings. The molecule has 0 saturated carbocycles. The summed E-state index contributed by atoms with van der Waals surface area (Å²) in [7, 11) is 3.60. The molecular formula is C15H27NO4. The first-order valence-electron chi connectivity index (χ1n) is 7.64. The maximum Gasteiger partial charge on any atom is 0.305 e. The van der Waals surface area contributed by atoms with Crippen LogP contribution >= 0.6 is 0 Å². The number of nitrogens with zero attached hydrogens (tertiary/aromatic N) is 1. The van der Waals surface area contributed by atoms with Crippen molar-refractivity contribution in [2.75, 3.05) is 40.5 Å². The summed E-state index contributed by atoms with van der Waals surface area (Å²) >= 11 is 0. The van der Waals surface area contributed by atoms with Gasteiger partial charge in [-0.15, -0.1) is 0 Å². The third-order valence-corrected chi connectivity index (χ3v) is 4.61. The van der Waals surface area contributed by atoms with Crippen LogP contribution < -0.4 is 0 Å². The number of rotatable bonds is 5. The van der Waals surface area contributed by atoms with Crippen LogP contribution in [0.25, 0.3) is 0 Å². The molecule has 0 aromatic carbocycles. The summed E-state index contributed by atoms with van der Waals surface area (Å²) in [6.45, 7) is 3.41. The van der Waals surface area contributed by atoms with Crippen LogP contribution in [0.2, 0.25) is 0 Å². The highest BCUT2D eigenvalue weighted by atomic mass is 16.5. The van der Waals surface area contributed by atoms with Gasteiger partial charge in [0.05, 0.1) is 12.7 Å². The molecule has 0 aliphatic carbocycles. The largest absolute Gasteiger partial charge is 0.469 e. The van der Waals surface area contributed by atoms with E-state index in [2.05, 4.69) is 16.7 Å². The topological polar surface area (TPSA) is 48.0 Å². The highest BCUT2D eigenvalue weighted by Crippen LogP contribution is 2.35. The maximum atomic E-state index is 11.1. The van der Waals surface area contributed by atoms with Gasteiger partial charge in [0.2, 0.25) is 0 Å². The van der Waals surface area contributed by atoms with Crippen molar-refractivity contribution < 1.29 is 19.0 Å². The highest BCUT2D eigenvalue weighted by molar-refractivity contribution is 5.69. The lowest BCUT2D eigenvalue weighted by atomic mass is 9.83. The number of hydrogen-bond acceptors (Lipinski definition) is 5. The highest BCUT2D eigenvalue weighted by Gasteiger charge is 2.39. The number of carbonyl (C=O) groups excluding carboxylic acids is 1. The van der Waals surface area contributed by atoms with E-state index in [-0.39, 0.29) is 11.6 Å². The van der Waals surface area contributed by atoms with Crippen molar-refractivity contribution in [3.8, 4) is 0 Å². The van der Waals surface area contributed by atoms with Crippen LogP contribution in [0.5, 0.6) is 0 Å². The van der Waals surface area contributed by atoms with E-state index in [9.17, 15) is 4.79 Å². The van der Waals surface area contributed by atoms with Crippen molar-refractivity contribution in [1.29, 1.82) is 0 Å². The lowest BCUT2D eigenvalue weighted by Crippen LogP contribution is -2.50. The Morgan fingerprint density at radius 3 is 2.80 bits per heavy atom. The van der Waals surface area contributed by atoms with E-state index in [0.717, 1.165) is 58.5 Å². The van der Waals surface area contributed by atoms with Gasteiger partial charge in [-0.2, -0.15) is 0 Å². The molecule has 2 aliphatic rings. The van der Waals surface area contributed by atoms with Crippen LogP contribution in [0, 0.1) is 0 Å². The molecule has 116 valence electrons. The predicted octanol–water partition coefficient (Wildman–Crippen LogP) is 1.60. The van der Waals surface area contributed by atoms with Crippen LogP contribution in [-0.2, 0) is 19.0 Å². The van der Waals surface area contributed by atoms with Crippen LogP contribution in [0.4, 0.5) is 0 Å². The number of hydrogen-bond donors (Lipinski definition) is 0. The molecular weight excluding hydrogens is 258 g/mol. The molecule has 0 bridgehead atoms. The molecule has 1 spiro atoms. The fraction of sp³-hybridized carbons (Fsp3) is 0.933. The zero-order valence-corrected chi connectivity index (χ0v) is 12.7. The fourth-order valence-corrected chi connectivity index (χ4v) is 3.23. The molecule has 2 saturated heterocycles. The zero-order valence-electron chi connectivity index (χ0n) is 12.7. The van der Waals surface area contributed by atoms with Crippen LogP contribution in [0.15, 0.2) is 0 Å². The number of esters is 1. The Balaban J connectivity index is 1.77. The first-order valence-corrected chi connectivity index (χ1v) is 7.64. The second-order valence-corrected chi connectivity index (χ2v) is 5.95. The molecule has 0 amide bonds. The second-order valence-electron chi connectivity index (χ2n) is 5.95. The molecule has 20 heavy (non-hydrogen) atoms. The monoisotopic (exact) mass is 285 g/mol. The molecule has 0 aromatic heterocycles. The molecule has 5 nitrogen and oxygen atoms in total. The van der Waals surface area contributed by atoms with Gasteiger partial charge >= 0.3 is 5.97 Å². The molecule has 1 atom stereocenters. The lowest BCUT2D eigenvalue weighted by Gasteiger charge is -2.45. The molecule has 0 radical (unpaired) electrons. The van der Waals surface area contributed by atoms with Gasteiger partial charge in [0.25, 0.3) is 0 Å². The van der Waals surface area contributed by atoms with Crippen LogP contribution in [0.3, 0.4) is 0 Å². The average Bonchev–Trinajstić information content (AvgIpc) is 2.47. The Labute approximate surface area is 121 Å². The SMILES string of the molecule is COC(=O)CCCN(C)C1CCOC2(CCOCC2)C1. The number of carbonyl (C=O) groups is 1.